The molecule has 0 aliphatic heterocycles. The van der Waals surface area contributed by atoms with E-state index in [1.807, 2.05) is 60.7 Å². The summed E-state index contributed by atoms with van der Waals surface area (Å²) in [6, 6.07) is 19.0. The molecular formula is C16H13N3OS2. The van der Waals surface area contributed by atoms with Crippen LogP contribution >= 0.6 is 23.1 Å². The molecule has 4 nitrogen and oxygen atoms in total. The van der Waals surface area contributed by atoms with Crippen LogP contribution in [0.5, 0.6) is 0 Å². The van der Waals surface area contributed by atoms with E-state index in [0.29, 0.717) is 15.0 Å². The summed E-state index contributed by atoms with van der Waals surface area (Å²) in [7, 11) is 0. The van der Waals surface area contributed by atoms with E-state index in [0.717, 1.165) is 5.56 Å². The maximum atomic E-state index is 12.9. The van der Waals surface area contributed by atoms with E-state index in [4.69, 9.17) is 5.73 Å². The second kappa shape index (κ2) is 6.72. The van der Waals surface area contributed by atoms with E-state index in [2.05, 4.69) is 10.2 Å². The lowest BCUT2D eigenvalue weighted by Crippen LogP contribution is -2.09. The van der Waals surface area contributed by atoms with Crippen molar-refractivity contribution in [2.24, 2.45) is 0 Å². The van der Waals surface area contributed by atoms with Gasteiger partial charge < -0.3 is 5.73 Å². The summed E-state index contributed by atoms with van der Waals surface area (Å²) >= 11 is 2.67. The number of Topliss-reactive ketones (excluding diaryl/α,β-unsaturated/α-hetero) is 1. The zero-order valence-corrected chi connectivity index (χ0v) is 13.2. The summed E-state index contributed by atoms with van der Waals surface area (Å²) < 4.78 is 0.690. The number of benzene rings is 2. The molecule has 3 rings (SSSR count). The Morgan fingerprint density at radius 3 is 2.23 bits per heavy atom. The Labute approximate surface area is 136 Å². The SMILES string of the molecule is Nc1nnc(SC(C(=O)c2ccccc2)c2ccccc2)s1. The molecule has 0 spiro atoms. The number of thioether (sulfide) groups is 1. The molecule has 1 heterocycles. The molecule has 1 aromatic heterocycles. The van der Waals surface area contributed by atoms with Crippen LogP contribution in [0.4, 0.5) is 5.13 Å². The van der Waals surface area contributed by atoms with E-state index in [1.165, 1.54) is 23.1 Å². The largest absolute Gasteiger partial charge is 0.374 e. The molecule has 0 radical (unpaired) electrons. The Bertz CT molecular complexity index is 759. The first-order valence-corrected chi connectivity index (χ1v) is 8.33. The molecule has 2 N–H and O–H groups in total. The van der Waals surface area contributed by atoms with Crippen molar-refractivity contribution in [3.05, 3.63) is 71.8 Å². The highest BCUT2D eigenvalue weighted by Crippen LogP contribution is 2.39. The summed E-state index contributed by atoms with van der Waals surface area (Å²) in [4.78, 5) is 12.9. The van der Waals surface area contributed by atoms with Gasteiger partial charge in [0.1, 0.15) is 0 Å². The molecule has 0 amide bonds. The molecule has 0 aliphatic rings. The van der Waals surface area contributed by atoms with Gasteiger partial charge in [-0.05, 0) is 5.56 Å². The summed E-state index contributed by atoms with van der Waals surface area (Å²) in [6.45, 7) is 0. The first-order chi connectivity index (χ1) is 10.7. The third-order valence-corrected chi connectivity index (χ3v) is 5.13. The summed E-state index contributed by atoms with van der Waals surface area (Å²) in [5, 5.41) is 7.86. The topological polar surface area (TPSA) is 68.9 Å². The van der Waals surface area contributed by atoms with Gasteiger partial charge in [-0.2, -0.15) is 0 Å². The van der Waals surface area contributed by atoms with Crippen molar-refractivity contribution >= 4 is 34.0 Å². The van der Waals surface area contributed by atoms with Crippen LogP contribution in [0.25, 0.3) is 0 Å². The van der Waals surface area contributed by atoms with E-state index < -0.39 is 0 Å². The maximum Gasteiger partial charge on any atom is 0.203 e. The van der Waals surface area contributed by atoms with Gasteiger partial charge in [-0.15, -0.1) is 10.2 Å². The van der Waals surface area contributed by atoms with Crippen molar-refractivity contribution in [1.82, 2.24) is 10.2 Å². The lowest BCUT2D eigenvalue weighted by molar-refractivity contribution is 0.0989. The third-order valence-electron chi connectivity index (χ3n) is 3.04. The monoisotopic (exact) mass is 327 g/mol. The molecular weight excluding hydrogens is 314 g/mol. The van der Waals surface area contributed by atoms with E-state index in [9.17, 15) is 4.79 Å². The highest BCUT2D eigenvalue weighted by molar-refractivity contribution is 8.02. The van der Waals surface area contributed by atoms with E-state index in [1.54, 1.807) is 0 Å². The minimum absolute atomic E-state index is 0.0468. The number of carbonyl (C=O) groups is 1. The third kappa shape index (κ3) is 3.35. The fourth-order valence-electron chi connectivity index (χ4n) is 2.02. The number of nitrogen functional groups attached to an aromatic ring is 1. The standard InChI is InChI=1S/C16H13N3OS2/c17-15-18-19-16(22-15)21-14(12-9-5-2-6-10-12)13(20)11-7-3-1-4-8-11/h1-10,14H,(H2,17,18). The molecule has 0 fully saturated rings. The molecule has 0 bridgehead atoms. The zero-order valence-electron chi connectivity index (χ0n) is 11.5. The maximum absolute atomic E-state index is 12.9. The summed E-state index contributed by atoms with van der Waals surface area (Å²) in [5.74, 6) is 0.0468. The molecule has 3 aromatic rings. The first kappa shape index (κ1) is 14.7. The van der Waals surface area contributed by atoms with Gasteiger partial charge in [-0.3, -0.25) is 4.79 Å². The van der Waals surface area contributed by atoms with Crippen LogP contribution in [0, 0.1) is 0 Å². The van der Waals surface area contributed by atoms with Crippen molar-refractivity contribution in [3.8, 4) is 0 Å². The van der Waals surface area contributed by atoms with Crippen LogP contribution in [0.3, 0.4) is 0 Å². The first-order valence-electron chi connectivity index (χ1n) is 6.64. The van der Waals surface area contributed by atoms with E-state index in [-0.39, 0.29) is 11.0 Å². The van der Waals surface area contributed by atoms with Crippen molar-refractivity contribution in [2.75, 3.05) is 5.73 Å². The van der Waals surface area contributed by atoms with Gasteiger partial charge in [0.05, 0.1) is 5.25 Å². The molecule has 22 heavy (non-hydrogen) atoms. The number of nitrogens with two attached hydrogens (primary N) is 1. The highest BCUT2D eigenvalue weighted by atomic mass is 32.2. The highest BCUT2D eigenvalue weighted by Gasteiger charge is 2.24. The van der Waals surface area contributed by atoms with Crippen molar-refractivity contribution in [1.29, 1.82) is 0 Å². The fraction of sp³-hybridized carbons (Fsp3) is 0.0625. The quantitative estimate of drug-likeness (QED) is 0.569. The van der Waals surface area contributed by atoms with Gasteiger partial charge in [-0.1, -0.05) is 83.8 Å². The number of hydrogen-bond donors (Lipinski definition) is 1. The predicted octanol–water partition coefficient (Wildman–Crippen LogP) is 3.84. The second-order valence-corrected chi connectivity index (χ2v) is 6.91. The molecule has 1 atom stereocenters. The number of hydrogen-bond acceptors (Lipinski definition) is 6. The molecule has 0 saturated carbocycles. The number of aromatic nitrogens is 2. The normalized spacial score (nSPS) is 12.0. The molecule has 1 unspecified atom stereocenters. The van der Waals surface area contributed by atoms with Crippen molar-refractivity contribution in [3.63, 3.8) is 0 Å². The number of nitrogens with zero attached hydrogens (tertiary/aromatic N) is 2. The Hall–Kier alpha value is -2.18. The number of carbonyl (C=O) groups excluding carboxylic acids is 1. The lowest BCUT2D eigenvalue weighted by atomic mass is 10.0. The zero-order chi connectivity index (χ0) is 15.4. The van der Waals surface area contributed by atoms with Crippen LogP contribution in [-0.4, -0.2) is 16.0 Å². The summed E-state index contributed by atoms with van der Waals surface area (Å²) in [6.07, 6.45) is 0. The Morgan fingerprint density at radius 2 is 1.64 bits per heavy atom. The molecule has 2 aromatic carbocycles. The average Bonchev–Trinajstić information content (AvgIpc) is 2.99. The van der Waals surface area contributed by atoms with Gasteiger partial charge in [0.2, 0.25) is 5.13 Å². The van der Waals surface area contributed by atoms with Gasteiger partial charge >= 0.3 is 0 Å². The van der Waals surface area contributed by atoms with Gasteiger partial charge in [0, 0.05) is 5.56 Å². The fourth-order valence-corrected chi connectivity index (χ4v) is 3.93. The minimum Gasteiger partial charge on any atom is -0.374 e. The number of ketones is 1. The van der Waals surface area contributed by atoms with E-state index >= 15 is 0 Å². The van der Waals surface area contributed by atoms with Crippen LogP contribution < -0.4 is 5.73 Å². The Balaban J connectivity index is 1.94. The van der Waals surface area contributed by atoms with Crippen LogP contribution in [0.15, 0.2) is 65.0 Å². The average molecular weight is 327 g/mol. The molecule has 6 heteroatoms. The minimum atomic E-state index is -0.365. The predicted molar refractivity (Wildman–Crippen MR) is 90.1 cm³/mol. The van der Waals surface area contributed by atoms with Crippen LogP contribution in [-0.2, 0) is 0 Å². The Morgan fingerprint density at radius 1 is 1.00 bits per heavy atom. The Kier molecular flexibility index (Phi) is 4.50. The van der Waals surface area contributed by atoms with Crippen molar-refractivity contribution in [2.45, 2.75) is 9.59 Å². The van der Waals surface area contributed by atoms with Crippen LogP contribution in [0.2, 0.25) is 0 Å². The number of rotatable bonds is 5. The smallest absolute Gasteiger partial charge is 0.203 e. The van der Waals surface area contributed by atoms with Crippen LogP contribution in [0.1, 0.15) is 21.2 Å². The lowest BCUT2D eigenvalue weighted by Gasteiger charge is -2.14. The summed E-state index contributed by atoms with van der Waals surface area (Å²) in [5.41, 5.74) is 7.25. The molecule has 0 saturated heterocycles. The molecule has 110 valence electrons. The van der Waals surface area contributed by atoms with Gasteiger partial charge in [-0.25, -0.2) is 0 Å². The van der Waals surface area contributed by atoms with Gasteiger partial charge in [0.25, 0.3) is 0 Å². The number of anilines is 1. The van der Waals surface area contributed by atoms with Gasteiger partial charge in [0.15, 0.2) is 10.1 Å². The molecule has 0 aliphatic carbocycles. The van der Waals surface area contributed by atoms with Crippen molar-refractivity contribution < 1.29 is 4.79 Å². The second-order valence-electron chi connectivity index (χ2n) is 4.55.